The average molecular weight is 917 g/mol. The summed E-state index contributed by atoms with van der Waals surface area (Å²) in [4.78, 5) is 38.0. The van der Waals surface area contributed by atoms with Crippen LogP contribution in [0.1, 0.15) is 245 Å². The Morgan fingerprint density at radius 3 is 1.00 bits per heavy atom. The van der Waals surface area contributed by atoms with Gasteiger partial charge in [-0.05, 0) is 116 Å². The summed E-state index contributed by atoms with van der Waals surface area (Å²) in [5.74, 6) is -0.931. The van der Waals surface area contributed by atoms with Crippen LogP contribution in [0.5, 0.6) is 0 Å². The number of hydrogen-bond acceptors (Lipinski definition) is 6. The van der Waals surface area contributed by atoms with Gasteiger partial charge in [0, 0.05) is 19.3 Å². The van der Waals surface area contributed by atoms with Gasteiger partial charge in [-0.3, -0.25) is 14.4 Å². The number of carbonyl (C=O) groups excluding carboxylic acids is 3. The van der Waals surface area contributed by atoms with Gasteiger partial charge in [-0.1, -0.05) is 208 Å². The number of esters is 3. The van der Waals surface area contributed by atoms with E-state index in [9.17, 15) is 14.4 Å². The van der Waals surface area contributed by atoms with Crippen molar-refractivity contribution in [3.63, 3.8) is 0 Å². The second-order valence-corrected chi connectivity index (χ2v) is 17.7. The normalized spacial score (nSPS) is 12.8. The maximum atomic E-state index is 12.8. The van der Waals surface area contributed by atoms with E-state index in [1.807, 2.05) is 0 Å². The Balaban J connectivity index is 4.39. The number of unbranched alkanes of at least 4 members (excludes halogenated alkanes) is 21. The molecule has 0 fully saturated rings. The molecule has 6 heteroatoms. The molecular weight excluding hydrogens is 817 g/mol. The van der Waals surface area contributed by atoms with Crippen molar-refractivity contribution in [3.8, 4) is 0 Å². The van der Waals surface area contributed by atoms with E-state index in [1.165, 1.54) is 64.2 Å². The highest BCUT2D eigenvalue weighted by molar-refractivity contribution is 5.71. The van der Waals surface area contributed by atoms with Crippen LogP contribution in [0.3, 0.4) is 0 Å². The highest BCUT2D eigenvalue weighted by Crippen LogP contribution is 2.14. The monoisotopic (exact) mass is 917 g/mol. The molecule has 0 amide bonds. The molecule has 0 N–H and O–H groups in total. The SMILES string of the molecule is CC/C=C\C/C=C\C/C=C\C/C=C\C/C=C\CCCCCCCC(=O)OCC(COC(=O)CCCCCCC/C=C\CCC)OC(=O)CCCCCCCCC/C=C\C/C=C\CCCCC. The lowest BCUT2D eigenvalue weighted by atomic mass is 10.1. The van der Waals surface area contributed by atoms with Gasteiger partial charge in [0.05, 0.1) is 0 Å². The minimum absolute atomic E-state index is 0.0925. The van der Waals surface area contributed by atoms with E-state index >= 15 is 0 Å². The van der Waals surface area contributed by atoms with Crippen molar-refractivity contribution in [3.05, 3.63) is 97.2 Å². The van der Waals surface area contributed by atoms with Gasteiger partial charge in [0.15, 0.2) is 6.10 Å². The van der Waals surface area contributed by atoms with Gasteiger partial charge in [-0.25, -0.2) is 0 Å². The molecule has 6 nitrogen and oxygen atoms in total. The summed E-state index contributed by atoms with van der Waals surface area (Å²) in [5.41, 5.74) is 0. The lowest BCUT2D eigenvalue weighted by Crippen LogP contribution is -2.30. The van der Waals surface area contributed by atoms with Gasteiger partial charge in [-0.2, -0.15) is 0 Å². The summed E-state index contributed by atoms with van der Waals surface area (Å²) in [6, 6.07) is 0. The fourth-order valence-electron chi connectivity index (χ4n) is 7.21. The van der Waals surface area contributed by atoms with Crippen molar-refractivity contribution in [2.45, 2.75) is 252 Å². The molecule has 0 aromatic rings. The quantitative estimate of drug-likeness (QED) is 0.0262. The molecule has 1 atom stereocenters. The molecule has 376 valence electrons. The number of carbonyl (C=O) groups is 3. The predicted octanol–water partition coefficient (Wildman–Crippen LogP) is 18.1. The van der Waals surface area contributed by atoms with Gasteiger partial charge in [-0.15, -0.1) is 0 Å². The fraction of sp³-hybridized carbons (Fsp3) is 0.683. The van der Waals surface area contributed by atoms with Gasteiger partial charge in [0.1, 0.15) is 13.2 Å². The first-order valence-corrected chi connectivity index (χ1v) is 27.2. The lowest BCUT2D eigenvalue weighted by molar-refractivity contribution is -0.167. The standard InChI is InChI=1S/C60H100O6/c1-4-7-10-13-16-19-22-24-26-28-29-30-31-33-34-36-38-41-44-47-50-53-59(62)65-56-57(55-64-58(61)52-49-46-43-40-21-18-15-12-9-6-3)66-60(63)54-51-48-45-42-39-37-35-32-27-25-23-20-17-14-11-8-5-2/h7,10,12,15-17,19-20,24-27,29-30,33-34,57H,4-6,8-9,11,13-14,18,21-23,28,31-32,35-56H2,1-3H3/b10-7-,15-12-,19-16-,20-17-,26-24-,27-25-,30-29-,34-33-. The molecule has 0 aromatic carbocycles. The Labute approximate surface area is 407 Å². The van der Waals surface area contributed by atoms with Crippen molar-refractivity contribution in [1.82, 2.24) is 0 Å². The molecule has 0 bridgehead atoms. The average Bonchev–Trinajstić information content (AvgIpc) is 3.31. The van der Waals surface area contributed by atoms with E-state index in [2.05, 4.69) is 118 Å². The summed E-state index contributed by atoms with van der Waals surface area (Å²) >= 11 is 0. The molecule has 0 saturated heterocycles. The number of rotatable bonds is 48. The lowest BCUT2D eigenvalue weighted by Gasteiger charge is -2.18. The van der Waals surface area contributed by atoms with Crippen LogP contribution in [-0.4, -0.2) is 37.2 Å². The Morgan fingerprint density at radius 2 is 0.621 bits per heavy atom. The van der Waals surface area contributed by atoms with Crippen LogP contribution >= 0.6 is 0 Å². The summed E-state index contributed by atoms with van der Waals surface area (Å²) in [6.45, 7) is 6.40. The van der Waals surface area contributed by atoms with Crippen molar-refractivity contribution in [2.24, 2.45) is 0 Å². The summed E-state index contributed by atoms with van der Waals surface area (Å²) in [7, 11) is 0. The molecule has 0 aliphatic rings. The minimum Gasteiger partial charge on any atom is -0.462 e. The zero-order valence-electron chi connectivity index (χ0n) is 42.9. The molecular formula is C60H100O6. The van der Waals surface area contributed by atoms with Crippen molar-refractivity contribution in [2.75, 3.05) is 13.2 Å². The molecule has 0 radical (unpaired) electrons. The van der Waals surface area contributed by atoms with Crippen LogP contribution in [0, 0.1) is 0 Å². The van der Waals surface area contributed by atoms with Gasteiger partial charge < -0.3 is 14.2 Å². The van der Waals surface area contributed by atoms with Gasteiger partial charge >= 0.3 is 17.9 Å². The Morgan fingerprint density at radius 1 is 0.318 bits per heavy atom. The van der Waals surface area contributed by atoms with E-state index in [0.717, 1.165) is 141 Å². The van der Waals surface area contributed by atoms with Gasteiger partial charge in [0.25, 0.3) is 0 Å². The van der Waals surface area contributed by atoms with Crippen LogP contribution < -0.4 is 0 Å². The van der Waals surface area contributed by atoms with Crippen LogP contribution in [0.15, 0.2) is 97.2 Å². The Bertz CT molecular complexity index is 1330. The van der Waals surface area contributed by atoms with E-state index in [-0.39, 0.29) is 31.1 Å². The first-order valence-electron chi connectivity index (χ1n) is 27.2. The van der Waals surface area contributed by atoms with Gasteiger partial charge in [0.2, 0.25) is 0 Å². The molecule has 0 saturated carbocycles. The fourth-order valence-corrected chi connectivity index (χ4v) is 7.21. The van der Waals surface area contributed by atoms with Crippen molar-refractivity contribution >= 4 is 17.9 Å². The van der Waals surface area contributed by atoms with Crippen LogP contribution in [0.25, 0.3) is 0 Å². The molecule has 1 unspecified atom stereocenters. The zero-order chi connectivity index (χ0) is 47.9. The largest absolute Gasteiger partial charge is 0.462 e. The summed E-state index contributed by atoms with van der Waals surface area (Å²) in [5, 5.41) is 0. The third-order valence-corrected chi connectivity index (χ3v) is 11.3. The highest BCUT2D eigenvalue weighted by Gasteiger charge is 2.19. The zero-order valence-corrected chi connectivity index (χ0v) is 42.9. The third kappa shape index (κ3) is 51.3. The molecule has 0 spiro atoms. The maximum Gasteiger partial charge on any atom is 0.306 e. The topological polar surface area (TPSA) is 78.9 Å². The molecule has 0 heterocycles. The van der Waals surface area contributed by atoms with Crippen LogP contribution in [0.2, 0.25) is 0 Å². The smallest absolute Gasteiger partial charge is 0.306 e. The molecule has 0 aliphatic carbocycles. The first kappa shape index (κ1) is 62.3. The number of allylic oxidation sites excluding steroid dienone is 16. The first-order chi connectivity index (χ1) is 32.5. The summed E-state index contributed by atoms with van der Waals surface area (Å²) in [6.07, 6.45) is 71.1. The van der Waals surface area contributed by atoms with E-state index in [0.29, 0.717) is 19.3 Å². The van der Waals surface area contributed by atoms with E-state index in [1.54, 1.807) is 0 Å². The minimum atomic E-state index is -0.794. The molecule has 0 rings (SSSR count). The maximum absolute atomic E-state index is 12.8. The third-order valence-electron chi connectivity index (χ3n) is 11.3. The number of hydrogen-bond donors (Lipinski definition) is 0. The molecule has 0 aromatic heterocycles. The number of ether oxygens (including phenoxy) is 3. The Kier molecular flexibility index (Phi) is 50.9. The van der Waals surface area contributed by atoms with Crippen molar-refractivity contribution in [1.29, 1.82) is 0 Å². The van der Waals surface area contributed by atoms with Crippen molar-refractivity contribution < 1.29 is 28.6 Å². The second-order valence-electron chi connectivity index (χ2n) is 17.7. The summed E-state index contributed by atoms with van der Waals surface area (Å²) < 4.78 is 16.8. The predicted molar refractivity (Wildman–Crippen MR) is 284 cm³/mol. The van der Waals surface area contributed by atoms with E-state index < -0.39 is 6.10 Å². The van der Waals surface area contributed by atoms with E-state index in [4.69, 9.17) is 14.2 Å². The highest BCUT2D eigenvalue weighted by atomic mass is 16.6. The van der Waals surface area contributed by atoms with Crippen LogP contribution in [0.4, 0.5) is 0 Å². The molecule has 0 aliphatic heterocycles. The molecule has 66 heavy (non-hydrogen) atoms. The second kappa shape index (κ2) is 53.9. The van der Waals surface area contributed by atoms with Crippen LogP contribution in [-0.2, 0) is 28.6 Å². The Hall–Kier alpha value is -3.67.